The maximum Gasteiger partial charge on any atom is 0.254 e. The molecule has 0 fully saturated rings. The van der Waals surface area contributed by atoms with Gasteiger partial charge < -0.3 is 15.5 Å². The number of carbonyl (C=O) groups is 1. The first-order valence-electron chi connectivity index (χ1n) is 7.43. The number of halogens is 2. The standard InChI is InChI=1S/C16H19Cl2N5O/c1-23(2)8-4-7-19-15(24)11-9-20-16(21-10-11)22-13-6-3-5-12(17)14(13)18/h3,5-6,9-10H,4,7-8H2,1-2H3,(H,19,24)(H,20,21,22). The highest BCUT2D eigenvalue weighted by Crippen LogP contribution is 2.30. The van der Waals surface area contributed by atoms with E-state index in [2.05, 4.69) is 25.5 Å². The molecule has 2 N–H and O–H groups in total. The van der Waals surface area contributed by atoms with Crippen molar-refractivity contribution in [1.29, 1.82) is 0 Å². The normalized spacial score (nSPS) is 10.7. The summed E-state index contributed by atoms with van der Waals surface area (Å²) < 4.78 is 0. The zero-order chi connectivity index (χ0) is 17.5. The average molecular weight is 368 g/mol. The van der Waals surface area contributed by atoms with E-state index >= 15 is 0 Å². The van der Waals surface area contributed by atoms with Gasteiger partial charge in [-0.1, -0.05) is 29.3 Å². The predicted octanol–water partition coefficient (Wildman–Crippen LogP) is 3.21. The lowest BCUT2D eigenvalue weighted by Crippen LogP contribution is -2.27. The number of hydrogen-bond acceptors (Lipinski definition) is 5. The van der Waals surface area contributed by atoms with Crippen molar-refractivity contribution in [2.45, 2.75) is 6.42 Å². The van der Waals surface area contributed by atoms with Crippen LogP contribution in [0.3, 0.4) is 0 Å². The van der Waals surface area contributed by atoms with Gasteiger partial charge in [0.05, 0.1) is 21.3 Å². The predicted molar refractivity (Wildman–Crippen MR) is 97.3 cm³/mol. The Kier molecular flexibility index (Phi) is 6.78. The minimum absolute atomic E-state index is 0.193. The number of nitrogens with one attached hydrogen (secondary N) is 2. The van der Waals surface area contributed by atoms with Crippen LogP contribution in [0.5, 0.6) is 0 Å². The van der Waals surface area contributed by atoms with Crippen molar-refractivity contribution in [2.24, 2.45) is 0 Å². The average Bonchev–Trinajstić information content (AvgIpc) is 2.56. The van der Waals surface area contributed by atoms with Crippen molar-refractivity contribution in [2.75, 3.05) is 32.5 Å². The summed E-state index contributed by atoms with van der Waals surface area (Å²) in [5.41, 5.74) is 1.01. The topological polar surface area (TPSA) is 70.2 Å². The first-order valence-corrected chi connectivity index (χ1v) is 8.19. The molecule has 8 heteroatoms. The Bertz CT molecular complexity index is 691. The Hall–Kier alpha value is -1.89. The molecule has 0 unspecified atom stereocenters. The lowest BCUT2D eigenvalue weighted by atomic mass is 10.3. The fraction of sp³-hybridized carbons (Fsp3) is 0.312. The third-order valence-electron chi connectivity index (χ3n) is 3.18. The molecule has 0 atom stereocenters. The molecule has 0 aliphatic carbocycles. The molecule has 0 aliphatic heterocycles. The molecule has 1 heterocycles. The molecule has 6 nitrogen and oxygen atoms in total. The molecule has 0 saturated heterocycles. The number of benzene rings is 1. The molecule has 128 valence electrons. The molecular weight excluding hydrogens is 349 g/mol. The zero-order valence-corrected chi connectivity index (χ0v) is 15.0. The molecule has 0 radical (unpaired) electrons. The second-order valence-electron chi connectivity index (χ2n) is 5.43. The van der Waals surface area contributed by atoms with Gasteiger partial charge in [-0.05, 0) is 39.2 Å². The Balaban J connectivity index is 1.93. The van der Waals surface area contributed by atoms with Gasteiger partial charge in [0, 0.05) is 18.9 Å². The van der Waals surface area contributed by atoms with Crippen LogP contribution in [0.1, 0.15) is 16.8 Å². The fourth-order valence-corrected chi connectivity index (χ4v) is 2.28. The number of carbonyl (C=O) groups excluding carboxylic acids is 1. The summed E-state index contributed by atoms with van der Waals surface area (Å²) in [7, 11) is 3.99. The van der Waals surface area contributed by atoms with Crippen LogP contribution in [0, 0.1) is 0 Å². The van der Waals surface area contributed by atoms with E-state index in [0.29, 0.717) is 33.8 Å². The molecule has 1 amide bonds. The Morgan fingerprint density at radius 2 is 1.92 bits per heavy atom. The summed E-state index contributed by atoms with van der Waals surface area (Å²) in [5, 5.41) is 6.64. The molecule has 0 saturated carbocycles. The zero-order valence-electron chi connectivity index (χ0n) is 13.5. The molecule has 24 heavy (non-hydrogen) atoms. The molecule has 1 aromatic heterocycles. The fourth-order valence-electron chi connectivity index (χ4n) is 1.93. The minimum Gasteiger partial charge on any atom is -0.352 e. The SMILES string of the molecule is CN(C)CCCNC(=O)c1cnc(Nc2cccc(Cl)c2Cl)nc1. The molecule has 2 aromatic rings. The van der Waals surface area contributed by atoms with E-state index in [4.69, 9.17) is 23.2 Å². The Morgan fingerprint density at radius 3 is 2.58 bits per heavy atom. The maximum absolute atomic E-state index is 12.0. The first kappa shape index (κ1) is 18.4. The first-order chi connectivity index (χ1) is 11.5. The van der Waals surface area contributed by atoms with E-state index in [9.17, 15) is 4.79 Å². The minimum atomic E-state index is -0.193. The largest absolute Gasteiger partial charge is 0.352 e. The van der Waals surface area contributed by atoms with Gasteiger partial charge in [0.2, 0.25) is 5.95 Å². The van der Waals surface area contributed by atoms with Crippen molar-refractivity contribution >= 4 is 40.7 Å². The summed E-state index contributed by atoms with van der Waals surface area (Å²) in [5.74, 6) is 0.143. The highest BCUT2D eigenvalue weighted by molar-refractivity contribution is 6.43. The van der Waals surface area contributed by atoms with Crippen LogP contribution in [0.4, 0.5) is 11.6 Å². The third-order valence-corrected chi connectivity index (χ3v) is 4.00. The highest BCUT2D eigenvalue weighted by Gasteiger charge is 2.09. The van der Waals surface area contributed by atoms with Gasteiger partial charge in [-0.2, -0.15) is 0 Å². The summed E-state index contributed by atoms with van der Waals surface area (Å²) in [6.45, 7) is 1.52. The maximum atomic E-state index is 12.0. The van der Waals surface area contributed by atoms with Gasteiger partial charge in [-0.3, -0.25) is 4.79 Å². The van der Waals surface area contributed by atoms with Crippen molar-refractivity contribution < 1.29 is 4.79 Å². The van der Waals surface area contributed by atoms with E-state index in [-0.39, 0.29) is 5.91 Å². The van der Waals surface area contributed by atoms with Crippen LogP contribution in [0.2, 0.25) is 10.0 Å². The van der Waals surface area contributed by atoms with Crippen LogP contribution >= 0.6 is 23.2 Å². The summed E-state index contributed by atoms with van der Waals surface area (Å²) in [6.07, 6.45) is 3.82. The number of nitrogens with zero attached hydrogens (tertiary/aromatic N) is 3. The van der Waals surface area contributed by atoms with Gasteiger partial charge in [-0.25, -0.2) is 9.97 Å². The van der Waals surface area contributed by atoms with E-state index < -0.39 is 0 Å². The van der Waals surface area contributed by atoms with Gasteiger partial charge in [0.25, 0.3) is 5.91 Å². The van der Waals surface area contributed by atoms with Crippen molar-refractivity contribution in [3.05, 3.63) is 46.2 Å². The van der Waals surface area contributed by atoms with Crippen LogP contribution < -0.4 is 10.6 Å². The molecule has 0 spiro atoms. The van der Waals surface area contributed by atoms with Crippen molar-refractivity contribution in [3.63, 3.8) is 0 Å². The molecule has 0 bridgehead atoms. The van der Waals surface area contributed by atoms with Crippen LogP contribution in [-0.4, -0.2) is 48.0 Å². The number of anilines is 2. The third kappa shape index (κ3) is 5.33. The second-order valence-corrected chi connectivity index (χ2v) is 6.22. The van der Waals surface area contributed by atoms with Gasteiger partial charge in [0.15, 0.2) is 0 Å². The highest BCUT2D eigenvalue weighted by atomic mass is 35.5. The van der Waals surface area contributed by atoms with Crippen molar-refractivity contribution in [1.82, 2.24) is 20.2 Å². The van der Waals surface area contributed by atoms with Gasteiger partial charge in [0.1, 0.15) is 0 Å². The summed E-state index contributed by atoms with van der Waals surface area (Å²) >= 11 is 12.1. The monoisotopic (exact) mass is 367 g/mol. The quantitative estimate of drug-likeness (QED) is 0.735. The number of aromatic nitrogens is 2. The Morgan fingerprint density at radius 1 is 1.21 bits per heavy atom. The molecule has 1 aromatic carbocycles. The van der Waals surface area contributed by atoms with Gasteiger partial charge in [-0.15, -0.1) is 0 Å². The second kappa shape index (κ2) is 8.82. The van der Waals surface area contributed by atoms with E-state index in [1.807, 2.05) is 14.1 Å². The number of hydrogen-bond donors (Lipinski definition) is 2. The summed E-state index contributed by atoms with van der Waals surface area (Å²) in [4.78, 5) is 22.3. The summed E-state index contributed by atoms with van der Waals surface area (Å²) in [6, 6.07) is 5.23. The lowest BCUT2D eigenvalue weighted by Gasteiger charge is -2.10. The van der Waals surface area contributed by atoms with Crippen LogP contribution in [0.25, 0.3) is 0 Å². The van der Waals surface area contributed by atoms with E-state index in [1.165, 1.54) is 12.4 Å². The smallest absolute Gasteiger partial charge is 0.254 e. The lowest BCUT2D eigenvalue weighted by molar-refractivity contribution is 0.0951. The van der Waals surface area contributed by atoms with Gasteiger partial charge >= 0.3 is 0 Å². The molecular formula is C16H19Cl2N5O. The van der Waals surface area contributed by atoms with E-state index in [1.54, 1.807) is 18.2 Å². The van der Waals surface area contributed by atoms with Crippen LogP contribution in [0.15, 0.2) is 30.6 Å². The van der Waals surface area contributed by atoms with Crippen LogP contribution in [-0.2, 0) is 0 Å². The molecule has 2 rings (SSSR count). The van der Waals surface area contributed by atoms with E-state index in [0.717, 1.165) is 13.0 Å². The number of amides is 1. The van der Waals surface area contributed by atoms with Crippen molar-refractivity contribution in [3.8, 4) is 0 Å². The number of rotatable bonds is 7. The Labute approximate surface area is 151 Å². The molecule has 0 aliphatic rings.